The van der Waals surface area contributed by atoms with Crippen molar-refractivity contribution in [1.82, 2.24) is 0 Å². The van der Waals surface area contributed by atoms with Gasteiger partial charge in [-0.2, -0.15) is 0 Å². The maximum absolute atomic E-state index is 2.30. The van der Waals surface area contributed by atoms with Crippen molar-refractivity contribution in [2.75, 3.05) is 0 Å². The minimum absolute atomic E-state index is 1.04. The van der Waals surface area contributed by atoms with E-state index in [0.29, 0.717) is 0 Å². The van der Waals surface area contributed by atoms with Crippen LogP contribution in [0, 0.1) is 0 Å². The predicted octanol–water partition coefficient (Wildman–Crippen LogP) is 2.53. The van der Waals surface area contributed by atoms with Crippen LogP contribution in [-0.4, -0.2) is 0 Å². The van der Waals surface area contributed by atoms with E-state index >= 15 is 0 Å². The Balaban J connectivity index is 2.83. The summed E-state index contributed by atoms with van der Waals surface area (Å²) >= 11 is 1.04. The van der Waals surface area contributed by atoms with E-state index in [4.69, 9.17) is 0 Å². The van der Waals surface area contributed by atoms with Crippen LogP contribution in [0.4, 0.5) is 0 Å². The van der Waals surface area contributed by atoms with Crippen LogP contribution in [0.25, 0.3) is 0 Å². The fourth-order valence-corrected chi connectivity index (χ4v) is 2.20. The van der Waals surface area contributed by atoms with Crippen molar-refractivity contribution in [2.45, 2.75) is 36.5 Å². The van der Waals surface area contributed by atoms with E-state index in [-0.39, 0.29) is 0 Å². The Labute approximate surface area is 62.7 Å². The van der Waals surface area contributed by atoms with Gasteiger partial charge in [-0.1, -0.05) is 0 Å². The molecule has 0 aromatic rings. The molecule has 0 N–H and O–H groups in total. The molecule has 0 aliphatic heterocycles. The van der Waals surface area contributed by atoms with E-state index in [9.17, 15) is 0 Å². The van der Waals surface area contributed by atoms with Crippen molar-refractivity contribution in [3.63, 3.8) is 0 Å². The number of hydrogen-bond donors (Lipinski definition) is 0. The van der Waals surface area contributed by atoms with Gasteiger partial charge in [0.2, 0.25) is 0 Å². The second kappa shape index (κ2) is 5.08. The first-order valence-electron chi connectivity index (χ1n) is 3.14. The molecular weight excluding hydrogens is 273 g/mol. The number of hydrogen-bond acceptors (Lipinski definition) is 0. The van der Waals surface area contributed by atoms with Gasteiger partial charge < -0.3 is 0 Å². The van der Waals surface area contributed by atoms with Crippen LogP contribution in [0.1, 0.15) is 33.1 Å². The molecule has 39 valence electrons. The summed E-state index contributed by atoms with van der Waals surface area (Å²) in [5, 5.41) is 0. The van der Waals surface area contributed by atoms with Gasteiger partial charge in [0, 0.05) is 0 Å². The average molecular weight is 286 g/mol. The summed E-state index contributed by atoms with van der Waals surface area (Å²) in [5.74, 6) is 0. The quantitative estimate of drug-likeness (QED) is 0.699. The molecule has 0 rings (SSSR count). The Kier molecular flexibility index (Phi) is 5.76. The van der Waals surface area contributed by atoms with Gasteiger partial charge in [0.1, 0.15) is 0 Å². The Bertz CT molecular complexity index is 35.2. The molecule has 7 heavy (non-hydrogen) atoms. The molecule has 0 heterocycles. The van der Waals surface area contributed by atoms with Crippen LogP contribution in [0.5, 0.6) is 0 Å². The third-order valence-electron chi connectivity index (χ3n) is 1.27. The first-order chi connectivity index (χ1) is 3.31. The summed E-state index contributed by atoms with van der Waals surface area (Å²) in [7, 11) is 0. The van der Waals surface area contributed by atoms with E-state index < -0.39 is 0 Å². The molecular formula is C6H13Hg. The molecule has 0 saturated heterocycles. The maximum atomic E-state index is 2.30. The van der Waals surface area contributed by atoms with Gasteiger partial charge >= 0.3 is 62.7 Å². The molecule has 1 unspecified atom stereocenters. The summed E-state index contributed by atoms with van der Waals surface area (Å²) in [5.41, 5.74) is 0. The molecule has 0 bridgehead atoms. The fraction of sp³-hybridized carbons (Fsp3) is 1.00. The summed E-state index contributed by atoms with van der Waals surface area (Å²) in [6, 6.07) is 0. The summed E-state index contributed by atoms with van der Waals surface area (Å²) in [6.45, 7) is 4.57. The molecule has 1 heteroatoms. The average Bonchev–Trinajstić information content (AvgIpc) is 1.68. The molecule has 0 fully saturated rings. The van der Waals surface area contributed by atoms with Gasteiger partial charge in [-0.15, -0.1) is 0 Å². The molecule has 0 spiro atoms. The predicted molar refractivity (Wildman–Crippen MR) is 28.9 cm³/mol. The standard InChI is InChI=1S/C6H13.Hg/c1-3-5-6-4-2;/h5H,3-4,6H2,1-2H3;. The third kappa shape index (κ3) is 4.79. The summed E-state index contributed by atoms with van der Waals surface area (Å²) in [4.78, 5) is 0. The number of rotatable bonds is 3. The van der Waals surface area contributed by atoms with Crippen LogP contribution in [-0.2, 0) is 26.1 Å². The van der Waals surface area contributed by atoms with Gasteiger partial charge in [0.25, 0.3) is 0 Å². The van der Waals surface area contributed by atoms with Gasteiger partial charge in [0.15, 0.2) is 0 Å². The van der Waals surface area contributed by atoms with Crippen molar-refractivity contribution in [3.05, 3.63) is 0 Å². The Morgan fingerprint density at radius 2 is 2.00 bits per heavy atom. The van der Waals surface area contributed by atoms with Crippen LogP contribution in [0.15, 0.2) is 0 Å². The van der Waals surface area contributed by atoms with Crippen molar-refractivity contribution in [3.8, 4) is 0 Å². The Hall–Kier alpha value is 0.935. The first kappa shape index (κ1) is 7.94. The SMILES string of the molecule is CCC[CH]([Hg])CC. The molecule has 0 aromatic carbocycles. The molecule has 0 radical (unpaired) electrons. The van der Waals surface area contributed by atoms with Crippen molar-refractivity contribution in [1.29, 1.82) is 0 Å². The molecule has 0 aromatic heterocycles. The molecule has 0 saturated carbocycles. The van der Waals surface area contributed by atoms with Crippen molar-refractivity contribution >= 4 is 0 Å². The molecule has 1 atom stereocenters. The van der Waals surface area contributed by atoms with Crippen LogP contribution in [0.2, 0.25) is 3.43 Å². The Morgan fingerprint density at radius 1 is 1.43 bits per heavy atom. The zero-order chi connectivity index (χ0) is 5.70. The second-order valence-corrected chi connectivity index (χ2v) is 6.55. The van der Waals surface area contributed by atoms with E-state index in [1.54, 1.807) is 0 Å². The molecule has 0 amide bonds. The summed E-state index contributed by atoms with van der Waals surface area (Å²) < 4.78 is 1.14. The van der Waals surface area contributed by atoms with E-state index in [2.05, 4.69) is 13.8 Å². The molecule has 0 aliphatic rings. The molecule has 0 nitrogen and oxygen atoms in total. The van der Waals surface area contributed by atoms with E-state index in [1.165, 1.54) is 19.3 Å². The van der Waals surface area contributed by atoms with E-state index in [0.717, 1.165) is 29.5 Å². The second-order valence-electron chi connectivity index (χ2n) is 2.06. The van der Waals surface area contributed by atoms with Crippen LogP contribution in [0.3, 0.4) is 0 Å². The van der Waals surface area contributed by atoms with Crippen LogP contribution >= 0.6 is 0 Å². The van der Waals surface area contributed by atoms with Gasteiger partial charge in [0.05, 0.1) is 0 Å². The first-order valence-corrected chi connectivity index (χ1v) is 6.31. The summed E-state index contributed by atoms with van der Waals surface area (Å²) in [6.07, 6.45) is 4.30. The van der Waals surface area contributed by atoms with Crippen molar-refractivity contribution < 1.29 is 26.1 Å². The fourth-order valence-electron chi connectivity index (χ4n) is 0.612. The van der Waals surface area contributed by atoms with Crippen LogP contribution < -0.4 is 0 Å². The van der Waals surface area contributed by atoms with E-state index in [1.807, 2.05) is 0 Å². The normalized spacial score (nSPS) is 14.3. The Morgan fingerprint density at radius 3 is 2.14 bits per heavy atom. The van der Waals surface area contributed by atoms with Crippen molar-refractivity contribution in [2.24, 2.45) is 0 Å². The third-order valence-corrected chi connectivity index (χ3v) is 5.11. The minimum atomic E-state index is 1.04. The van der Waals surface area contributed by atoms with Gasteiger partial charge in [-0.05, 0) is 0 Å². The zero-order valence-corrected chi connectivity index (χ0v) is 10.9. The van der Waals surface area contributed by atoms with Gasteiger partial charge in [-0.3, -0.25) is 0 Å². The topological polar surface area (TPSA) is 0 Å². The van der Waals surface area contributed by atoms with Gasteiger partial charge in [-0.25, -0.2) is 0 Å². The monoisotopic (exact) mass is 287 g/mol. The zero-order valence-electron chi connectivity index (χ0n) is 5.41. The molecule has 0 aliphatic carbocycles.